The van der Waals surface area contributed by atoms with Crippen LogP contribution >= 0.6 is 0 Å². The number of carbonyl (C=O) groups excluding carboxylic acids is 1. The lowest BCUT2D eigenvalue weighted by molar-refractivity contribution is -0.133. The second kappa shape index (κ2) is 5.46. The average molecular weight is 327 g/mol. The summed E-state index contributed by atoms with van der Waals surface area (Å²) in [6, 6.07) is 0.196. The van der Waals surface area contributed by atoms with Crippen LogP contribution in [0.3, 0.4) is 0 Å². The molecule has 2 fully saturated rings. The predicted octanol–water partition coefficient (Wildman–Crippen LogP) is 2.24. The molecular weight excluding hydrogens is 302 g/mol. The number of amides is 1. The first kappa shape index (κ1) is 15.4. The lowest BCUT2D eigenvalue weighted by atomic mass is 10.0. The van der Waals surface area contributed by atoms with Gasteiger partial charge in [0.2, 0.25) is 5.91 Å². The van der Waals surface area contributed by atoms with Crippen molar-refractivity contribution in [1.29, 1.82) is 0 Å². The number of hydrogen-bond acceptors (Lipinski definition) is 3. The van der Waals surface area contributed by atoms with Gasteiger partial charge < -0.3 is 4.90 Å². The first-order valence-electron chi connectivity index (χ1n) is 8.76. The van der Waals surface area contributed by atoms with Gasteiger partial charge in [0.1, 0.15) is 0 Å². The molecule has 1 aliphatic carbocycles. The van der Waals surface area contributed by atoms with Crippen molar-refractivity contribution in [3.05, 3.63) is 34.9 Å². The SMILES string of the molecule is Cc1nn(C)c(C)c1[C@@H]1CCCN1C(=O)[C@@H]1C[C@@H]1c1cnn(C)c1. The normalized spacial score (nSPS) is 26.2. The van der Waals surface area contributed by atoms with E-state index in [9.17, 15) is 4.79 Å². The summed E-state index contributed by atoms with van der Waals surface area (Å²) < 4.78 is 3.75. The molecule has 128 valence electrons. The minimum Gasteiger partial charge on any atom is -0.335 e. The van der Waals surface area contributed by atoms with E-state index in [1.165, 1.54) is 16.8 Å². The van der Waals surface area contributed by atoms with Crippen molar-refractivity contribution in [3.63, 3.8) is 0 Å². The Kier molecular flexibility index (Phi) is 3.51. The molecule has 24 heavy (non-hydrogen) atoms. The molecule has 0 aromatic carbocycles. The largest absolute Gasteiger partial charge is 0.335 e. The highest BCUT2D eigenvalue weighted by atomic mass is 16.2. The molecule has 6 nitrogen and oxygen atoms in total. The Balaban J connectivity index is 1.54. The molecular formula is C18H25N5O. The number of nitrogens with zero attached hydrogens (tertiary/aromatic N) is 5. The fourth-order valence-corrected chi connectivity index (χ4v) is 4.28. The van der Waals surface area contributed by atoms with Crippen LogP contribution in [0.1, 0.15) is 53.7 Å². The van der Waals surface area contributed by atoms with Gasteiger partial charge in [-0.3, -0.25) is 14.2 Å². The molecule has 3 atom stereocenters. The third kappa shape index (κ3) is 2.36. The standard InChI is InChI=1S/C18H25N5O/c1-11-17(12(2)22(4)20-11)16-6-5-7-23(16)18(24)15-8-14(15)13-9-19-21(3)10-13/h9-10,14-16H,5-8H2,1-4H3/t14-,15-,16+/m1/s1. The quantitative estimate of drug-likeness (QED) is 0.869. The second-order valence-electron chi connectivity index (χ2n) is 7.29. The van der Waals surface area contributed by atoms with Crippen molar-refractivity contribution in [3.8, 4) is 0 Å². The molecule has 1 amide bonds. The van der Waals surface area contributed by atoms with Crippen LogP contribution in [-0.2, 0) is 18.9 Å². The van der Waals surface area contributed by atoms with Crippen molar-refractivity contribution in [2.45, 2.75) is 45.1 Å². The molecule has 2 aromatic rings. The molecule has 6 heteroatoms. The Hall–Kier alpha value is -2.11. The van der Waals surface area contributed by atoms with Crippen molar-refractivity contribution in [2.75, 3.05) is 6.54 Å². The van der Waals surface area contributed by atoms with Gasteiger partial charge in [-0.2, -0.15) is 10.2 Å². The van der Waals surface area contributed by atoms with E-state index in [-0.39, 0.29) is 12.0 Å². The molecule has 2 aromatic heterocycles. The van der Waals surface area contributed by atoms with E-state index in [2.05, 4.69) is 28.9 Å². The summed E-state index contributed by atoms with van der Waals surface area (Å²) in [4.78, 5) is 15.2. The van der Waals surface area contributed by atoms with Crippen molar-refractivity contribution in [2.24, 2.45) is 20.0 Å². The van der Waals surface area contributed by atoms with E-state index in [1.807, 2.05) is 35.9 Å². The summed E-state index contributed by atoms with van der Waals surface area (Å²) in [7, 11) is 3.90. The van der Waals surface area contributed by atoms with Gasteiger partial charge in [-0.1, -0.05) is 0 Å². The van der Waals surface area contributed by atoms with Gasteiger partial charge in [-0.15, -0.1) is 0 Å². The average Bonchev–Trinajstić information content (AvgIpc) is 2.84. The van der Waals surface area contributed by atoms with Gasteiger partial charge in [0.15, 0.2) is 0 Å². The van der Waals surface area contributed by atoms with Crippen LogP contribution in [0.25, 0.3) is 0 Å². The van der Waals surface area contributed by atoms with Gasteiger partial charge >= 0.3 is 0 Å². The zero-order valence-electron chi connectivity index (χ0n) is 14.9. The highest BCUT2D eigenvalue weighted by Crippen LogP contribution is 2.50. The minimum absolute atomic E-state index is 0.132. The molecule has 1 saturated carbocycles. The Morgan fingerprint density at radius 1 is 1.29 bits per heavy atom. The summed E-state index contributed by atoms with van der Waals surface area (Å²) in [5, 5.41) is 8.78. The Bertz CT molecular complexity index is 789. The van der Waals surface area contributed by atoms with E-state index in [1.54, 1.807) is 0 Å². The summed E-state index contributed by atoms with van der Waals surface area (Å²) in [5.41, 5.74) is 4.68. The van der Waals surface area contributed by atoms with E-state index < -0.39 is 0 Å². The summed E-state index contributed by atoms with van der Waals surface area (Å²) in [6.45, 7) is 5.03. The van der Waals surface area contributed by atoms with Gasteiger partial charge in [-0.25, -0.2) is 0 Å². The molecule has 4 rings (SSSR count). The first-order valence-corrected chi connectivity index (χ1v) is 8.76. The number of likely N-dealkylation sites (tertiary alicyclic amines) is 1. The Labute approximate surface area is 142 Å². The summed E-state index contributed by atoms with van der Waals surface area (Å²) >= 11 is 0. The third-order valence-corrected chi connectivity index (χ3v) is 5.69. The fourth-order valence-electron chi connectivity index (χ4n) is 4.28. The summed E-state index contributed by atoms with van der Waals surface area (Å²) in [5.74, 6) is 0.796. The Morgan fingerprint density at radius 3 is 2.71 bits per heavy atom. The van der Waals surface area contributed by atoms with Gasteiger partial charge in [0.25, 0.3) is 0 Å². The van der Waals surface area contributed by atoms with Gasteiger partial charge in [0.05, 0.1) is 17.9 Å². The number of aromatic nitrogens is 4. The third-order valence-electron chi connectivity index (χ3n) is 5.69. The number of carbonyl (C=O) groups is 1. The lowest BCUT2D eigenvalue weighted by Crippen LogP contribution is -2.32. The number of aryl methyl sites for hydroxylation is 3. The predicted molar refractivity (Wildman–Crippen MR) is 90.4 cm³/mol. The van der Waals surface area contributed by atoms with Crippen LogP contribution in [0.5, 0.6) is 0 Å². The van der Waals surface area contributed by atoms with Gasteiger partial charge in [-0.05, 0) is 44.6 Å². The molecule has 0 bridgehead atoms. The van der Waals surface area contributed by atoms with Crippen LogP contribution in [0.15, 0.2) is 12.4 Å². The van der Waals surface area contributed by atoms with E-state index in [0.717, 1.165) is 31.5 Å². The van der Waals surface area contributed by atoms with Crippen LogP contribution in [0.2, 0.25) is 0 Å². The molecule has 0 radical (unpaired) electrons. The monoisotopic (exact) mass is 327 g/mol. The van der Waals surface area contributed by atoms with Crippen LogP contribution in [0.4, 0.5) is 0 Å². The molecule has 1 saturated heterocycles. The zero-order chi connectivity index (χ0) is 17.0. The maximum absolute atomic E-state index is 13.1. The molecule has 0 spiro atoms. The Morgan fingerprint density at radius 2 is 2.08 bits per heavy atom. The highest BCUT2D eigenvalue weighted by Gasteiger charge is 2.48. The molecule has 3 heterocycles. The van der Waals surface area contributed by atoms with Crippen molar-refractivity contribution >= 4 is 5.91 Å². The van der Waals surface area contributed by atoms with Crippen molar-refractivity contribution in [1.82, 2.24) is 24.5 Å². The van der Waals surface area contributed by atoms with E-state index in [0.29, 0.717) is 11.8 Å². The lowest BCUT2D eigenvalue weighted by Gasteiger charge is -2.25. The minimum atomic E-state index is 0.132. The number of hydrogen-bond donors (Lipinski definition) is 0. The van der Waals surface area contributed by atoms with Crippen LogP contribution < -0.4 is 0 Å². The maximum Gasteiger partial charge on any atom is 0.226 e. The highest BCUT2D eigenvalue weighted by molar-refractivity contribution is 5.83. The van der Waals surface area contributed by atoms with E-state index in [4.69, 9.17) is 0 Å². The molecule has 0 unspecified atom stereocenters. The smallest absolute Gasteiger partial charge is 0.226 e. The van der Waals surface area contributed by atoms with Gasteiger partial charge in [0, 0.05) is 44.0 Å². The molecule has 1 aliphatic heterocycles. The molecule has 0 N–H and O–H groups in total. The number of rotatable bonds is 3. The summed E-state index contributed by atoms with van der Waals surface area (Å²) in [6.07, 6.45) is 7.01. The van der Waals surface area contributed by atoms with Crippen LogP contribution in [0, 0.1) is 19.8 Å². The zero-order valence-corrected chi connectivity index (χ0v) is 14.9. The van der Waals surface area contributed by atoms with E-state index >= 15 is 0 Å². The fraction of sp³-hybridized carbons (Fsp3) is 0.611. The van der Waals surface area contributed by atoms with Crippen molar-refractivity contribution < 1.29 is 4.79 Å². The topological polar surface area (TPSA) is 56.0 Å². The second-order valence-corrected chi connectivity index (χ2v) is 7.29. The van der Waals surface area contributed by atoms with Crippen LogP contribution in [-0.4, -0.2) is 36.9 Å². The first-order chi connectivity index (χ1) is 11.5. The molecule has 2 aliphatic rings. The maximum atomic E-state index is 13.1.